The van der Waals surface area contributed by atoms with Crippen molar-refractivity contribution in [3.63, 3.8) is 0 Å². The Bertz CT molecular complexity index is 757. The van der Waals surface area contributed by atoms with Crippen molar-refractivity contribution >= 4 is 0 Å². The first-order chi connectivity index (χ1) is 10.2. The van der Waals surface area contributed by atoms with Gasteiger partial charge >= 0.3 is 0 Å². The molecule has 4 heteroatoms. The summed E-state index contributed by atoms with van der Waals surface area (Å²) in [6, 6.07) is 16.5. The minimum absolute atomic E-state index is 0.370. The Morgan fingerprint density at radius 3 is 2.43 bits per heavy atom. The van der Waals surface area contributed by atoms with E-state index in [1.807, 2.05) is 22.9 Å². The summed E-state index contributed by atoms with van der Waals surface area (Å²) in [5.74, 6) is 0. The predicted octanol–water partition coefficient (Wildman–Crippen LogP) is 3.01. The van der Waals surface area contributed by atoms with Gasteiger partial charge in [0.1, 0.15) is 5.69 Å². The fraction of sp³-hybridized carbons (Fsp3) is 0.176. The molecule has 0 amide bonds. The van der Waals surface area contributed by atoms with Crippen LogP contribution in [0.15, 0.2) is 48.5 Å². The van der Waals surface area contributed by atoms with Crippen molar-refractivity contribution in [2.45, 2.75) is 20.4 Å². The zero-order valence-corrected chi connectivity index (χ0v) is 12.2. The van der Waals surface area contributed by atoms with Gasteiger partial charge in [-0.1, -0.05) is 46.7 Å². The molecule has 0 bridgehead atoms. The van der Waals surface area contributed by atoms with Gasteiger partial charge in [-0.25, -0.2) is 4.68 Å². The summed E-state index contributed by atoms with van der Waals surface area (Å²) < 4.78 is 1.86. The number of aromatic nitrogens is 3. The van der Waals surface area contributed by atoms with Crippen LogP contribution in [0.4, 0.5) is 0 Å². The Hall–Kier alpha value is -2.46. The van der Waals surface area contributed by atoms with E-state index < -0.39 is 0 Å². The molecule has 1 heterocycles. The lowest BCUT2D eigenvalue weighted by atomic mass is 10.1. The number of rotatable bonds is 3. The van der Waals surface area contributed by atoms with Gasteiger partial charge in [0.2, 0.25) is 0 Å². The Morgan fingerprint density at radius 1 is 1.00 bits per heavy atom. The summed E-state index contributed by atoms with van der Waals surface area (Å²) in [5, 5.41) is 8.51. The van der Waals surface area contributed by atoms with Crippen LogP contribution >= 0.6 is 0 Å². The summed E-state index contributed by atoms with van der Waals surface area (Å²) in [7, 11) is 0. The molecule has 1 aromatic heterocycles. The normalized spacial score (nSPS) is 10.8. The molecule has 0 spiro atoms. The minimum Gasteiger partial charge on any atom is -0.325 e. The van der Waals surface area contributed by atoms with Crippen molar-refractivity contribution in [3.8, 4) is 16.9 Å². The second-order valence-electron chi connectivity index (χ2n) is 5.21. The molecule has 0 saturated carbocycles. The third kappa shape index (κ3) is 2.58. The van der Waals surface area contributed by atoms with Crippen LogP contribution in [0.5, 0.6) is 0 Å². The van der Waals surface area contributed by atoms with Crippen molar-refractivity contribution in [3.05, 3.63) is 65.4 Å². The van der Waals surface area contributed by atoms with Crippen molar-refractivity contribution in [2.24, 2.45) is 5.73 Å². The number of benzene rings is 2. The van der Waals surface area contributed by atoms with Crippen molar-refractivity contribution < 1.29 is 0 Å². The molecule has 0 aliphatic rings. The molecule has 0 aliphatic heterocycles. The number of hydrogen-bond donors (Lipinski definition) is 1. The molecule has 3 rings (SSSR count). The third-order valence-electron chi connectivity index (χ3n) is 3.50. The fourth-order valence-electron chi connectivity index (χ4n) is 2.40. The highest BCUT2D eigenvalue weighted by Crippen LogP contribution is 2.25. The topological polar surface area (TPSA) is 56.7 Å². The lowest BCUT2D eigenvalue weighted by Crippen LogP contribution is -2.02. The van der Waals surface area contributed by atoms with Gasteiger partial charge in [0, 0.05) is 12.1 Å². The largest absolute Gasteiger partial charge is 0.325 e. The van der Waals surface area contributed by atoms with Crippen LogP contribution in [0.2, 0.25) is 0 Å². The van der Waals surface area contributed by atoms with Crippen LogP contribution in [0.25, 0.3) is 16.9 Å². The maximum Gasteiger partial charge on any atom is 0.105 e. The van der Waals surface area contributed by atoms with E-state index in [-0.39, 0.29) is 0 Å². The monoisotopic (exact) mass is 278 g/mol. The molecule has 0 radical (unpaired) electrons. The third-order valence-corrected chi connectivity index (χ3v) is 3.50. The van der Waals surface area contributed by atoms with E-state index in [1.165, 1.54) is 11.1 Å². The Balaban J connectivity index is 2.19. The van der Waals surface area contributed by atoms with Gasteiger partial charge in [-0.05, 0) is 32.0 Å². The van der Waals surface area contributed by atoms with Crippen LogP contribution in [0, 0.1) is 13.8 Å². The van der Waals surface area contributed by atoms with Crippen LogP contribution in [0.1, 0.15) is 16.8 Å². The van der Waals surface area contributed by atoms with Crippen LogP contribution in [-0.2, 0) is 6.54 Å². The highest BCUT2D eigenvalue weighted by atomic mass is 15.4. The zero-order valence-electron chi connectivity index (χ0n) is 12.2. The average Bonchev–Trinajstić information content (AvgIpc) is 2.92. The van der Waals surface area contributed by atoms with Crippen LogP contribution < -0.4 is 5.73 Å². The lowest BCUT2D eigenvalue weighted by Gasteiger charge is -2.09. The number of nitrogens with zero attached hydrogens (tertiary/aromatic N) is 3. The SMILES string of the molecule is Cc1ccc(-n2nnc(CN)c2-c2cccc(C)c2)cc1. The molecule has 106 valence electrons. The van der Waals surface area contributed by atoms with Gasteiger partial charge in [0.15, 0.2) is 0 Å². The first-order valence-corrected chi connectivity index (χ1v) is 6.98. The zero-order chi connectivity index (χ0) is 14.8. The number of hydrogen-bond acceptors (Lipinski definition) is 3. The van der Waals surface area contributed by atoms with Gasteiger partial charge in [0.05, 0.1) is 11.4 Å². The van der Waals surface area contributed by atoms with Crippen LogP contribution in [0.3, 0.4) is 0 Å². The maximum absolute atomic E-state index is 5.83. The van der Waals surface area contributed by atoms with E-state index in [0.717, 1.165) is 22.6 Å². The second kappa shape index (κ2) is 5.50. The second-order valence-corrected chi connectivity index (χ2v) is 5.21. The van der Waals surface area contributed by atoms with E-state index in [4.69, 9.17) is 5.73 Å². The van der Waals surface area contributed by atoms with Gasteiger partial charge in [-0.15, -0.1) is 5.10 Å². The molecule has 21 heavy (non-hydrogen) atoms. The molecule has 3 aromatic rings. The predicted molar refractivity (Wildman–Crippen MR) is 84.2 cm³/mol. The Morgan fingerprint density at radius 2 is 1.76 bits per heavy atom. The Labute approximate surface area is 124 Å². The lowest BCUT2D eigenvalue weighted by molar-refractivity contribution is 0.799. The smallest absolute Gasteiger partial charge is 0.105 e. The fourth-order valence-corrected chi connectivity index (χ4v) is 2.40. The molecule has 0 fully saturated rings. The van der Waals surface area contributed by atoms with Crippen molar-refractivity contribution in [1.82, 2.24) is 15.0 Å². The van der Waals surface area contributed by atoms with E-state index >= 15 is 0 Å². The van der Waals surface area contributed by atoms with Crippen molar-refractivity contribution in [1.29, 1.82) is 0 Å². The summed E-state index contributed by atoms with van der Waals surface area (Å²) in [4.78, 5) is 0. The minimum atomic E-state index is 0.370. The molecule has 0 saturated heterocycles. The van der Waals surface area contributed by atoms with Crippen molar-refractivity contribution in [2.75, 3.05) is 0 Å². The highest BCUT2D eigenvalue weighted by molar-refractivity contribution is 5.65. The average molecular weight is 278 g/mol. The van der Waals surface area contributed by atoms with Crippen LogP contribution in [-0.4, -0.2) is 15.0 Å². The molecule has 4 nitrogen and oxygen atoms in total. The molecule has 0 unspecified atom stereocenters. The molecule has 2 aromatic carbocycles. The molecule has 0 aliphatic carbocycles. The molecular formula is C17H18N4. The number of aryl methyl sites for hydroxylation is 2. The first kappa shape index (κ1) is 13.5. The quantitative estimate of drug-likeness (QED) is 0.801. The van der Waals surface area contributed by atoms with E-state index in [2.05, 4.69) is 54.5 Å². The molecule has 0 atom stereocenters. The number of nitrogens with two attached hydrogens (primary N) is 1. The highest BCUT2D eigenvalue weighted by Gasteiger charge is 2.15. The first-order valence-electron chi connectivity index (χ1n) is 6.98. The summed E-state index contributed by atoms with van der Waals surface area (Å²) in [6.45, 7) is 4.51. The van der Waals surface area contributed by atoms with E-state index in [1.54, 1.807) is 0 Å². The molecule has 2 N–H and O–H groups in total. The maximum atomic E-state index is 5.83. The Kier molecular flexibility index (Phi) is 3.54. The standard InChI is InChI=1S/C17H18N4/c1-12-6-8-15(9-7-12)21-17(16(11-18)19-20-21)14-5-3-4-13(2)10-14/h3-10H,11,18H2,1-2H3. The van der Waals surface area contributed by atoms with E-state index in [0.29, 0.717) is 6.54 Å². The summed E-state index contributed by atoms with van der Waals surface area (Å²) >= 11 is 0. The van der Waals surface area contributed by atoms with Gasteiger partial charge < -0.3 is 5.73 Å². The molecular weight excluding hydrogens is 260 g/mol. The van der Waals surface area contributed by atoms with Gasteiger partial charge in [0.25, 0.3) is 0 Å². The summed E-state index contributed by atoms with van der Waals surface area (Å²) in [5.41, 5.74) is 12.1. The van der Waals surface area contributed by atoms with Gasteiger partial charge in [-0.2, -0.15) is 0 Å². The van der Waals surface area contributed by atoms with E-state index in [9.17, 15) is 0 Å². The summed E-state index contributed by atoms with van der Waals surface area (Å²) in [6.07, 6.45) is 0. The van der Waals surface area contributed by atoms with Gasteiger partial charge in [-0.3, -0.25) is 0 Å².